The Bertz CT molecular complexity index is 2410. The summed E-state index contributed by atoms with van der Waals surface area (Å²) in [7, 11) is -4.58. The van der Waals surface area contributed by atoms with E-state index in [4.69, 9.17) is 16.3 Å². The van der Waals surface area contributed by atoms with Crippen LogP contribution in [-0.2, 0) is 21.3 Å². The van der Waals surface area contributed by atoms with Crippen LogP contribution in [0.2, 0.25) is 5.02 Å². The molecule has 1 fully saturated rings. The number of piperazine rings is 1. The number of anilines is 1. The van der Waals surface area contributed by atoms with Gasteiger partial charge >= 0.3 is 5.97 Å². The number of hydrogen-bond acceptors (Lipinski definition) is 7. The van der Waals surface area contributed by atoms with Gasteiger partial charge in [-0.3, -0.25) is 9.69 Å². The second kappa shape index (κ2) is 16.4. The molecule has 1 saturated heterocycles. The van der Waals surface area contributed by atoms with E-state index in [-0.39, 0.29) is 28.3 Å². The molecule has 1 aliphatic rings. The number of ether oxygens (including phenoxy) is 1. The number of rotatable bonds is 11. The normalized spacial score (nSPS) is 13.4. The number of carbonyl (C=O) groups excluding carboxylic acids is 2. The molecule has 0 spiro atoms. The van der Waals surface area contributed by atoms with Gasteiger partial charge in [-0.05, 0) is 84.6 Å². The standard InChI is InChI=1S/C44H41ClN4O5S/c1-3-54-44(51)40-41(33-12-6-4-7-13-33)49(38-15-8-5-9-16-38)31(2)42(40)55(52,53)46-43(50)34-20-24-37(25-21-34)48-28-26-47(27-29-48)30-35-14-10-11-17-39(35)32-18-22-36(45)23-19-32/h4-25H,3,26-30H2,1-2H3,(H,46,50). The highest BCUT2D eigenvalue weighted by molar-refractivity contribution is 7.90. The predicted molar refractivity (Wildman–Crippen MR) is 217 cm³/mol. The molecule has 7 rings (SSSR count). The zero-order valence-corrected chi connectivity index (χ0v) is 32.2. The molecule has 280 valence electrons. The highest BCUT2D eigenvalue weighted by Gasteiger charge is 2.36. The largest absolute Gasteiger partial charge is 0.462 e. The van der Waals surface area contributed by atoms with E-state index >= 15 is 0 Å². The van der Waals surface area contributed by atoms with Gasteiger partial charge in [-0.15, -0.1) is 0 Å². The molecule has 11 heteroatoms. The fourth-order valence-corrected chi connectivity index (χ4v) is 8.71. The van der Waals surface area contributed by atoms with Crippen LogP contribution in [0.5, 0.6) is 0 Å². The summed E-state index contributed by atoms with van der Waals surface area (Å²) in [5, 5.41) is 0.711. The van der Waals surface area contributed by atoms with Crippen molar-refractivity contribution in [3.8, 4) is 28.1 Å². The number of aromatic nitrogens is 1. The van der Waals surface area contributed by atoms with Crippen LogP contribution in [0, 0.1) is 6.92 Å². The molecular formula is C44H41ClN4O5S. The lowest BCUT2D eigenvalue weighted by Gasteiger charge is -2.36. The molecular weight excluding hydrogens is 732 g/mol. The van der Waals surface area contributed by atoms with Crippen molar-refractivity contribution < 1.29 is 22.7 Å². The second-order valence-corrected chi connectivity index (χ2v) is 15.4. The number of hydrogen-bond donors (Lipinski definition) is 1. The predicted octanol–water partition coefficient (Wildman–Crippen LogP) is 8.39. The first kappa shape index (κ1) is 37.6. The maximum atomic E-state index is 14.2. The van der Waals surface area contributed by atoms with Gasteiger partial charge in [-0.1, -0.05) is 96.5 Å². The van der Waals surface area contributed by atoms with Crippen LogP contribution < -0.4 is 9.62 Å². The number of para-hydroxylation sites is 1. The van der Waals surface area contributed by atoms with Crippen LogP contribution in [0.4, 0.5) is 5.69 Å². The Morgan fingerprint density at radius 3 is 2.00 bits per heavy atom. The van der Waals surface area contributed by atoms with Gasteiger partial charge < -0.3 is 14.2 Å². The molecule has 1 N–H and O–H groups in total. The summed E-state index contributed by atoms with van der Waals surface area (Å²) in [5.41, 5.74) is 6.42. The average Bonchev–Trinajstić information content (AvgIpc) is 3.53. The van der Waals surface area contributed by atoms with Gasteiger partial charge in [-0.2, -0.15) is 0 Å². The van der Waals surface area contributed by atoms with Crippen molar-refractivity contribution >= 4 is 39.2 Å². The number of benzene rings is 5. The number of esters is 1. The molecule has 0 unspecified atom stereocenters. The first-order valence-electron chi connectivity index (χ1n) is 18.2. The zero-order valence-electron chi connectivity index (χ0n) is 30.6. The fourth-order valence-electron chi connectivity index (χ4n) is 7.19. The van der Waals surface area contributed by atoms with Crippen molar-refractivity contribution in [1.82, 2.24) is 14.2 Å². The quantitative estimate of drug-likeness (QED) is 0.132. The minimum Gasteiger partial charge on any atom is -0.462 e. The Hall–Kier alpha value is -5.68. The molecule has 0 aliphatic carbocycles. The van der Waals surface area contributed by atoms with E-state index < -0.39 is 21.9 Å². The van der Waals surface area contributed by atoms with E-state index in [0.29, 0.717) is 22.0 Å². The topological polar surface area (TPSA) is 101 Å². The van der Waals surface area contributed by atoms with Crippen LogP contribution in [0.3, 0.4) is 0 Å². The molecule has 0 saturated carbocycles. The molecule has 1 aromatic heterocycles. The number of amides is 1. The molecule has 0 radical (unpaired) electrons. The minimum absolute atomic E-state index is 0.0359. The fraction of sp³-hybridized carbons (Fsp3) is 0.182. The summed E-state index contributed by atoms with van der Waals surface area (Å²) in [4.78, 5) is 31.6. The van der Waals surface area contributed by atoms with Gasteiger partial charge in [0.1, 0.15) is 10.5 Å². The van der Waals surface area contributed by atoms with Gasteiger partial charge in [0.05, 0.1) is 12.3 Å². The van der Waals surface area contributed by atoms with Crippen molar-refractivity contribution in [3.05, 3.63) is 161 Å². The van der Waals surface area contributed by atoms with Crippen LogP contribution in [0.1, 0.15) is 38.9 Å². The van der Waals surface area contributed by atoms with E-state index in [1.165, 1.54) is 11.1 Å². The maximum absolute atomic E-state index is 14.2. The first-order valence-corrected chi connectivity index (χ1v) is 20.0. The third-order valence-electron chi connectivity index (χ3n) is 9.82. The van der Waals surface area contributed by atoms with Crippen molar-refractivity contribution in [1.29, 1.82) is 0 Å². The second-order valence-electron chi connectivity index (χ2n) is 13.3. The first-order chi connectivity index (χ1) is 26.6. The van der Waals surface area contributed by atoms with Crippen molar-refractivity contribution in [2.24, 2.45) is 0 Å². The highest BCUT2D eigenvalue weighted by atomic mass is 35.5. The van der Waals surface area contributed by atoms with Gasteiger partial charge in [0, 0.05) is 60.4 Å². The van der Waals surface area contributed by atoms with Crippen molar-refractivity contribution in [2.45, 2.75) is 25.3 Å². The van der Waals surface area contributed by atoms with E-state index in [1.807, 2.05) is 84.9 Å². The van der Waals surface area contributed by atoms with E-state index in [9.17, 15) is 18.0 Å². The summed E-state index contributed by atoms with van der Waals surface area (Å²) < 4.78 is 37.8. The van der Waals surface area contributed by atoms with E-state index in [1.54, 1.807) is 42.7 Å². The monoisotopic (exact) mass is 772 g/mol. The maximum Gasteiger partial charge on any atom is 0.341 e. The molecule has 5 aromatic carbocycles. The number of carbonyl (C=O) groups is 2. The Kier molecular flexibility index (Phi) is 11.2. The number of halogens is 1. The Balaban J connectivity index is 1.08. The smallest absolute Gasteiger partial charge is 0.341 e. The summed E-state index contributed by atoms with van der Waals surface area (Å²) in [5.74, 6) is -1.61. The average molecular weight is 773 g/mol. The summed E-state index contributed by atoms with van der Waals surface area (Å²) in [6.07, 6.45) is 0. The number of nitrogens with zero attached hydrogens (tertiary/aromatic N) is 3. The summed E-state index contributed by atoms with van der Waals surface area (Å²) >= 11 is 6.13. The van der Waals surface area contributed by atoms with Crippen LogP contribution in [0.15, 0.2) is 138 Å². The number of sulfonamides is 1. The summed E-state index contributed by atoms with van der Waals surface area (Å²) in [6, 6.07) is 41.5. The highest BCUT2D eigenvalue weighted by Crippen LogP contribution is 2.38. The lowest BCUT2D eigenvalue weighted by molar-refractivity contribution is 0.0522. The van der Waals surface area contributed by atoms with Gasteiger partial charge in [-0.25, -0.2) is 17.9 Å². The molecule has 0 atom stereocenters. The molecule has 2 heterocycles. The Labute approximate surface area is 326 Å². The number of nitrogens with one attached hydrogen (secondary N) is 1. The van der Waals surface area contributed by atoms with Gasteiger partial charge in [0.15, 0.2) is 0 Å². The van der Waals surface area contributed by atoms with E-state index in [2.05, 4.69) is 38.8 Å². The minimum atomic E-state index is -4.58. The molecule has 9 nitrogen and oxygen atoms in total. The van der Waals surface area contributed by atoms with Crippen molar-refractivity contribution in [2.75, 3.05) is 37.7 Å². The van der Waals surface area contributed by atoms with Crippen LogP contribution in [0.25, 0.3) is 28.1 Å². The van der Waals surface area contributed by atoms with Gasteiger partial charge in [0.25, 0.3) is 15.9 Å². The molecule has 55 heavy (non-hydrogen) atoms. The third-order valence-corrected chi connectivity index (χ3v) is 11.6. The SMILES string of the molecule is CCOC(=O)c1c(S(=O)(=O)NC(=O)c2ccc(N3CCN(Cc4ccccc4-c4ccc(Cl)cc4)CC3)cc2)c(C)n(-c2ccccc2)c1-c1ccccc1. The lowest BCUT2D eigenvalue weighted by Crippen LogP contribution is -2.46. The Morgan fingerprint density at radius 1 is 0.727 bits per heavy atom. The van der Waals surface area contributed by atoms with Crippen LogP contribution in [-0.4, -0.2) is 62.5 Å². The Morgan fingerprint density at radius 2 is 1.35 bits per heavy atom. The van der Waals surface area contributed by atoms with Crippen molar-refractivity contribution in [3.63, 3.8) is 0 Å². The lowest BCUT2D eigenvalue weighted by atomic mass is 9.99. The zero-order chi connectivity index (χ0) is 38.5. The van der Waals surface area contributed by atoms with E-state index in [0.717, 1.165) is 44.0 Å². The third kappa shape index (κ3) is 8.07. The molecule has 1 amide bonds. The van der Waals surface area contributed by atoms with Gasteiger partial charge in [0.2, 0.25) is 0 Å². The molecule has 6 aromatic rings. The van der Waals surface area contributed by atoms with Crippen LogP contribution >= 0.6 is 11.6 Å². The molecule has 1 aliphatic heterocycles. The molecule has 0 bridgehead atoms. The summed E-state index contributed by atoms with van der Waals surface area (Å²) in [6.45, 7) is 7.42.